The molecule has 1 rings (SSSR count). The molecule has 0 bridgehead atoms. The van der Waals surface area contributed by atoms with E-state index in [0.29, 0.717) is 32.0 Å². The Morgan fingerprint density at radius 1 is 1.47 bits per heavy atom. The first-order valence-electron chi connectivity index (χ1n) is 5.87. The van der Waals surface area contributed by atoms with E-state index in [9.17, 15) is 8.42 Å². The van der Waals surface area contributed by atoms with E-state index in [1.54, 1.807) is 7.05 Å². The van der Waals surface area contributed by atoms with Crippen molar-refractivity contribution in [3.8, 4) is 12.3 Å². The van der Waals surface area contributed by atoms with E-state index in [1.807, 2.05) is 0 Å². The highest BCUT2D eigenvalue weighted by Crippen LogP contribution is 2.30. The molecule has 98 valence electrons. The van der Waals surface area contributed by atoms with E-state index in [4.69, 9.17) is 12.2 Å². The summed E-state index contributed by atoms with van der Waals surface area (Å²) in [6.07, 6.45) is 8.08. The summed E-state index contributed by atoms with van der Waals surface area (Å²) >= 11 is 0. The van der Waals surface area contributed by atoms with Gasteiger partial charge in [0.2, 0.25) is 0 Å². The Kier molecular flexibility index (Phi) is 5.40. The first-order chi connectivity index (χ1) is 8.02. The summed E-state index contributed by atoms with van der Waals surface area (Å²) in [7, 11) is -1.85. The molecule has 6 heteroatoms. The summed E-state index contributed by atoms with van der Waals surface area (Å²) in [6, 6.07) is 0. The number of terminal acetylenes is 1. The summed E-state index contributed by atoms with van der Waals surface area (Å²) in [6.45, 7) is 1.60. The second-order valence-corrected chi connectivity index (χ2v) is 6.45. The lowest BCUT2D eigenvalue weighted by molar-refractivity contribution is 0.369. The third kappa shape index (κ3) is 4.28. The van der Waals surface area contributed by atoms with Crippen LogP contribution >= 0.6 is 0 Å². The topological polar surface area (TPSA) is 66.6 Å². The summed E-state index contributed by atoms with van der Waals surface area (Å²) < 4.78 is 27.1. The van der Waals surface area contributed by atoms with Crippen molar-refractivity contribution >= 4 is 10.2 Å². The zero-order chi connectivity index (χ0) is 12.9. The number of hydrogen-bond donors (Lipinski definition) is 1. The van der Waals surface area contributed by atoms with Gasteiger partial charge in [-0.2, -0.15) is 17.0 Å². The van der Waals surface area contributed by atoms with Crippen molar-refractivity contribution < 1.29 is 8.42 Å². The van der Waals surface area contributed by atoms with Crippen LogP contribution in [-0.2, 0) is 10.2 Å². The number of nitrogens with two attached hydrogens (primary N) is 1. The van der Waals surface area contributed by atoms with E-state index in [-0.39, 0.29) is 6.54 Å². The Bertz CT molecular complexity index is 371. The maximum atomic E-state index is 12.2. The van der Waals surface area contributed by atoms with Crippen LogP contribution in [0.5, 0.6) is 0 Å². The highest BCUT2D eigenvalue weighted by Gasteiger charge is 2.32. The van der Waals surface area contributed by atoms with Crippen LogP contribution in [0, 0.1) is 18.3 Å². The van der Waals surface area contributed by atoms with Crippen LogP contribution in [0.25, 0.3) is 0 Å². The summed E-state index contributed by atoms with van der Waals surface area (Å²) in [5, 5.41) is 0. The van der Waals surface area contributed by atoms with E-state index in [1.165, 1.54) is 8.61 Å². The molecule has 0 unspecified atom stereocenters. The molecule has 0 saturated heterocycles. The molecule has 0 radical (unpaired) electrons. The van der Waals surface area contributed by atoms with Crippen molar-refractivity contribution in [2.45, 2.75) is 19.3 Å². The molecule has 1 saturated carbocycles. The van der Waals surface area contributed by atoms with Crippen LogP contribution in [-0.4, -0.2) is 50.3 Å². The summed E-state index contributed by atoms with van der Waals surface area (Å²) in [5.74, 6) is 2.90. The highest BCUT2D eigenvalue weighted by atomic mass is 32.2. The average Bonchev–Trinajstić information content (AvgIpc) is 3.09. The highest BCUT2D eigenvalue weighted by molar-refractivity contribution is 7.86. The Balaban J connectivity index is 2.64. The van der Waals surface area contributed by atoms with Crippen molar-refractivity contribution in [1.29, 1.82) is 0 Å². The third-order valence-corrected chi connectivity index (χ3v) is 4.72. The first kappa shape index (κ1) is 14.5. The second kappa shape index (κ2) is 6.36. The van der Waals surface area contributed by atoms with Crippen LogP contribution in [0.2, 0.25) is 0 Å². The molecule has 1 aliphatic carbocycles. The number of nitrogens with zero attached hydrogens (tertiary/aromatic N) is 2. The Hall–Kier alpha value is -0.610. The lowest BCUT2D eigenvalue weighted by Crippen LogP contribution is -2.43. The van der Waals surface area contributed by atoms with Gasteiger partial charge >= 0.3 is 0 Å². The van der Waals surface area contributed by atoms with Crippen LogP contribution in [0.15, 0.2) is 0 Å². The lowest BCUT2D eigenvalue weighted by Gasteiger charge is -2.26. The quantitative estimate of drug-likeness (QED) is 0.617. The van der Waals surface area contributed by atoms with Crippen LogP contribution in [0.4, 0.5) is 0 Å². The molecular formula is C11H21N3O2S. The van der Waals surface area contributed by atoms with Gasteiger partial charge in [-0.1, -0.05) is 5.92 Å². The van der Waals surface area contributed by atoms with Crippen LogP contribution in [0.3, 0.4) is 0 Å². The minimum atomic E-state index is -3.42. The van der Waals surface area contributed by atoms with Gasteiger partial charge in [-0.05, 0) is 31.7 Å². The van der Waals surface area contributed by atoms with Gasteiger partial charge in [-0.3, -0.25) is 0 Å². The fourth-order valence-corrected chi connectivity index (χ4v) is 2.95. The van der Waals surface area contributed by atoms with Crippen LogP contribution < -0.4 is 5.73 Å². The molecular weight excluding hydrogens is 238 g/mol. The normalized spacial score (nSPS) is 16.4. The largest absolute Gasteiger partial charge is 0.330 e. The van der Waals surface area contributed by atoms with Gasteiger partial charge in [-0.25, -0.2) is 0 Å². The number of hydrogen-bond acceptors (Lipinski definition) is 3. The molecule has 5 nitrogen and oxygen atoms in total. The molecule has 0 aromatic carbocycles. The van der Waals surface area contributed by atoms with Crippen molar-refractivity contribution in [2.24, 2.45) is 11.7 Å². The molecule has 0 heterocycles. The smallest absolute Gasteiger partial charge is 0.282 e. The minimum Gasteiger partial charge on any atom is -0.330 e. The fraction of sp³-hybridized carbons (Fsp3) is 0.818. The Morgan fingerprint density at radius 3 is 2.59 bits per heavy atom. The van der Waals surface area contributed by atoms with Gasteiger partial charge in [0, 0.05) is 20.1 Å². The SMILES string of the molecule is C#CCN(CC1CC1)S(=O)(=O)N(C)CCCN. The maximum absolute atomic E-state index is 12.2. The fourth-order valence-electron chi connectivity index (χ4n) is 1.56. The Labute approximate surface area is 104 Å². The molecule has 0 aliphatic heterocycles. The molecule has 0 aromatic rings. The molecule has 1 fully saturated rings. The van der Waals surface area contributed by atoms with Crippen molar-refractivity contribution in [3.63, 3.8) is 0 Å². The molecule has 0 amide bonds. The molecule has 0 atom stereocenters. The van der Waals surface area contributed by atoms with E-state index < -0.39 is 10.2 Å². The monoisotopic (exact) mass is 259 g/mol. The zero-order valence-electron chi connectivity index (χ0n) is 10.3. The van der Waals surface area contributed by atoms with Gasteiger partial charge < -0.3 is 5.73 Å². The average molecular weight is 259 g/mol. The molecule has 0 aromatic heterocycles. The van der Waals surface area contributed by atoms with Crippen molar-refractivity contribution in [3.05, 3.63) is 0 Å². The van der Waals surface area contributed by atoms with E-state index >= 15 is 0 Å². The second-order valence-electron chi connectivity index (χ2n) is 4.41. The first-order valence-corrected chi connectivity index (χ1v) is 7.27. The van der Waals surface area contributed by atoms with Crippen molar-refractivity contribution in [1.82, 2.24) is 8.61 Å². The predicted molar refractivity (Wildman–Crippen MR) is 68.4 cm³/mol. The predicted octanol–water partition coefficient (Wildman–Crippen LogP) is -0.143. The molecule has 17 heavy (non-hydrogen) atoms. The van der Waals surface area contributed by atoms with Gasteiger partial charge in [0.05, 0.1) is 6.54 Å². The minimum absolute atomic E-state index is 0.145. The molecule has 1 aliphatic rings. The third-order valence-electron chi connectivity index (χ3n) is 2.82. The van der Waals surface area contributed by atoms with Gasteiger partial charge in [0.25, 0.3) is 10.2 Å². The van der Waals surface area contributed by atoms with Gasteiger partial charge in [0.15, 0.2) is 0 Å². The van der Waals surface area contributed by atoms with Gasteiger partial charge in [0.1, 0.15) is 0 Å². The molecule has 0 spiro atoms. The summed E-state index contributed by atoms with van der Waals surface area (Å²) in [5.41, 5.74) is 5.38. The van der Waals surface area contributed by atoms with E-state index in [0.717, 1.165) is 12.8 Å². The Morgan fingerprint density at radius 2 is 2.12 bits per heavy atom. The molecule has 2 N–H and O–H groups in total. The zero-order valence-corrected chi connectivity index (χ0v) is 11.1. The maximum Gasteiger partial charge on any atom is 0.282 e. The van der Waals surface area contributed by atoms with Crippen LogP contribution in [0.1, 0.15) is 19.3 Å². The van der Waals surface area contributed by atoms with E-state index in [2.05, 4.69) is 5.92 Å². The lowest BCUT2D eigenvalue weighted by atomic mass is 10.4. The summed E-state index contributed by atoms with van der Waals surface area (Å²) in [4.78, 5) is 0. The standard InChI is InChI=1S/C11H21N3O2S/c1-3-8-14(10-11-5-6-11)17(15,16)13(2)9-4-7-12/h1,11H,4-10,12H2,2H3. The van der Waals surface area contributed by atoms with Crippen molar-refractivity contribution in [2.75, 3.05) is 33.2 Å². The van der Waals surface area contributed by atoms with Gasteiger partial charge in [-0.15, -0.1) is 6.42 Å². The number of rotatable bonds is 8.